The van der Waals surface area contributed by atoms with Crippen LogP contribution in [0.1, 0.15) is 0 Å². The summed E-state index contributed by atoms with van der Waals surface area (Å²) in [6, 6.07) is 5.51. The van der Waals surface area contributed by atoms with Crippen molar-refractivity contribution in [1.82, 2.24) is 9.97 Å². The van der Waals surface area contributed by atoms with Crippen molar-refractivity contribution in [2.24, 2.45) is 5.84 Å². The van der Waals surface area contributed by atoms with Gasteiger partial charge in [0.15, 0.2) is 11.6 Å². The SMILES string of the molecule is NNc1ncc(F)c(Nc2ccc(OC(F)F)cc2)n1. The summed E-state index contributed by atoms with van der Waals surface area (Å²) in [5.41, 5.74) is 2.62. The lowest BCUT2D eigenvalue weighted by Crippen LogP contribution is -2.12. The standard InChI is InChI=1S/C11H10F3N5O/c12-8-5-16-11(19-15)18-9(8)17-6-1-3-7(4-2-6)20-10(13)14/h1-5,10H,15H2,(H2,16,17,18,19). The van der Waals surface area contributed by atoms with Gasteiger partial charge in [-0.05, 0) is 24.3 Å². The number of nitrogens with zero attached hydrogens (tertiary/aromatic N) is 2. The molecule has 1 heterocycles. The summed E-state index contributed by atoms with van der Waals surface area (Å²) in [4.78, 5) is 7.35. The van der Waals surface area contributed by atoms with Crippen molar-refractivity contribution in [1.29, 1.82) is 0 Å². The van der Waals surface area contributed by atoms with Gasteiger partial charge < -0.3 is 10.1 Å². The number of rotatable bonds is 5. The molecule has 0 unspecified atom stereocenters. The molecule has 20 heavy (non-hydrogen) atoms. The minimum Gasteiger partial charge on any atom is -0.435 e. The van der Waals surface area contributed by atoms with E-state index in [-0.39, 0.29) is 17.5 Å². The molecular weight excluding hydrogens is 275 g/mol. The minimum atomic E-state index is -2.90. The fourth-order valence-electron chi connectivity index (χ4n) is 1.38. The van der Waals surface area contributed by atoms with Crippen LogP contribution in [0.3, 0.4) is 0 Å². The van der Waals surface area contributed by atoms with Gasteiger partial charge in [0.25, 0.3) is 0 Å². The first-order chi connectivity index (χ1) is 9.58. The molecule has 1 aromatic carbocycles. The highest BCUT2D eigenvalue weighted by Crippen LogP contribution is 2.22. The number of hydrogen-bond acceptors (Lipinski definition) is 6. The molecule has 0 aliphatic heterocycles. The Morgan fingerprint density at radius 3 is 2.50 bits per heavy atom. The number of alkyl halides is 2. The highest BCUT2D eigenvalue weighted by molar-refractivity contribution is 5.58. The Bertz CT molecular complexity index is 579. The number of nitrogens with one attached hydrogen (secondary N) is 2. The van der Waals surface area contributed by atoms with Crippen LogP contribution >= 0.6 is 0 Å². The van der Waals surface area contributed by atoms with Gasteiger partial charge >= 0.3 is 6.61 Å². The largest absolute Gasteiger partial charge is 0.435 e. The van der Waals surface area contributed by atoms with E-state index in [0.717, 1.165) is 6.20 Å². The zero-order chi connectivity index (χ0) is 14.5. The number of ether oxygens (including phenoxy) is 1. The van der Waals surface area contributed by atoms with Crippen LogP contribution in [0.4, 0.5) is 30.6 Å². The molecule has 0 amide bonds. The number of halogens is 3. The van der Waals surface area contributed by atoms with Crippen LogP contribution in [0, 0.1) is 5.82 Å². The second-order valence-corrected chi connectivity index (χ2v) is 3.56. The van der Waals surface area contributed by atoms with Crippen LogP contribution < -0.4 is 21.3 Å². The predicted molar refractivity (Wildman–Crippen MR) is 66.2 cm³/mol. The highest BCUT2D eigenvalue weighted by atomic mass is 19.3. The Kier molecular flexibility index (Phi) is 4.20. The Morgan fingerprint density at radius 1 is 1.20 bits per heavy atom. The molecule has 0 fully saturated rings. The Morgan fingerprint density at radius 2 is 1.90 bits per heavy atom. The maximum atomic E-state index is 13.5. The molecular formula is C11H10F3N5O. The van der Waals surface area contributed by atoms with E-state index >= 15 is 0 Å². The predicted octanol–water partition coefficient (Wildman–Crippen LogP) is 2.25. The molecule has 106 valence electrons. The molecule has 0 atom stereocenters. The molecule has 4 N–H and O–H groups in total. The summed E-state index contributed by atoms with van der Waals surface area (Å²) < 4.78 is 41.6. The summed E-state index contributed by atoms with van der Waals surface area (Å²) in [7, 11) is 0. The zero-order valence-corrected chi connectivity index (χ0v) is 9.98. The van der Waals surface area contributed by atoms with Gasteiger partial charge in [-0.3, -0.25) is 5.43 Å². The molecule has 9 heteroatoms. The van der Waals surface area contributed by atoms with E-state index in [1.165, 1.54) is 24.3 Å². The lowest BCUT2D eigenvalue weighted by atomic mass is 10.3. The van der Waals surface area contributed by atoms with Gasteiger partial charge in [-0.2, -0.15) is 13.8 Å². The van der Waals surface area contributed by atoms with E-state index in [0.29, 0.717) is 5.69 Å². The van der Waals surface area contributed by atoms with E-state index in [9.17, 15) is 13.2 Å². The number of nitrogens with two attached hydrogens (primary N) is 1. The van der Waals surface area contributed by atoms with Crippen LogP contribution in [0.2, 0.25) is 0 Å². The minimum absolute atomic E-state index is 0.00183. The Balaban J connectivity index is 2.13. The van der Waals surface area contributed by atoms with Gasteiger partial charge in [0.2, 0.25) is 5.95 Å². The first kappa shape index (κ1) is 13.9. The van der Waals surface area contributed by atoms with Crippen molar-refractivity contribution in [3.63, 3.8) is 0 Å². The van der Waals surface area contributed by atoms with Gasteiger partial charge in [-0.1, -0.05) is 0 Å². The van der Waals surface area contributed by atoms with Crippen LogP contribution in [-0.4, -0.2) is 16.6 Å². The lowest BCUT2D eigenvalue weighted by Gasteiger charge is -2.09. The van der Waals surface area contributed by atoms with E-state index in [2.05, 4.69) is 25.4 Å². The van der Waals surface area contributed by atoms with E-state index in [1.54, 1.807) is 0 Å². The van der Waals surface area contributed by atoms with Crippen molar-refractivity contribution in [2.75, 3.05) is 10.7 Å². The van der Waals surface area contributed by atoms with E-state index in [4.69, 9.17) is 5.84 Å². The van der Waals surface area contributed by atoms with Crippen molar-refractivity contribution in [2.45, 2.75) is 6.61 Å². The number of hydrazine groups is 1. The highest BCUT2D eigenvalue weighted by Gasteiger charge is 2.08. The third kappa shape index (κ3) is 3.48. The molecule has 0 saturated heterocycles. The third-order valence-corrected chi connectivity index (χ3v) is 2.22. The summed E-state index contributed by atoms with van der Waals surface area (Å²) in [5.74, 6) is 4.36. The van der Waals surface area contributed by atoms with E-state index < -0.39 is 12.4 Å². The lowest BCUT2D eigenvalue weighted by molar-refractivity contribution is -0.0498. The van der Waals surface area contributed by atoms with Crippen LogP contribution in [0.15, 0.2) is 30.5 Å². The number of anilines is 3. The van der Waals surface area contributed by atoms with Gasteiger partial charge in [0.1, 0.15) is 5.75 Å². The van der Waals surface area contributed by atoms with Gasteiger partial charge in [-0.15, -0.1) is 0 Å². The van der Waals surface area contributed by atoms with Crippen molar-refractivity contribution in [3.8, 4) is 5.75 Å². The molecule has 1 aromatic heterocycles. The quantitative estimate of drug-likeness (QED) is 0.577. The molecule has 0 saturated carbocycles. The van der Waals surface area contributed by atoms with Crippen molar-refractivity contribution < 1.29 is 17.9 Å². The number of benzene rings is 1. The zero-order valence-electron chi connectivity index (χ0n) is 9.98. The molecule has 0 bridgehead atoms. The number of hydrogen-bond donors (Lipinski definition) is 3. The molecule has 2 aromatic rings. The summed E-state index contributed by atoms with van der Waals surface area (Å²) in [6.45, 7) is -2.90. The van der Waals surface area contributed by atoms with Crippen molar-refractivity contribution in [3.05, 3.63) is 36.3 Å². The normalized spacial score (nSPS) is 10.4. The van der Waals surface area contributed by atoms with E-state index in [1.807, 2.05) is 0 Å². The van der Waals surface area contributed by atoms with Crippen LogP contribution in [0.5, 0.6) is 5.75 Å². The fraction of sp³-hybridized carbons (Fsp3) is 0.0909. The second kappa shape index (κ2) is 6.06. The maximum absolute atomic E-state index is 13.5. The fourth-order valence-corrected chi connectivity index (χ4v) is 1.38. The summed E-state index contributed by atoms with van der Waals surface area (Å²) in [6.07, 6.45) is 0.943. The molecule has 0 aliphatic carbocycles. The van der Waals surface area contributed by atoms with Crippen LogP contribution in [-0.2, 0) is 0 Å². The van der Waals surface area contributed by atoms with Crippen molar-refractivity contribution >= 4 is 17.5 Å². The molecule has 0 spiro atoms. The average molecular weight is 285 g/mol. The molecule has 0 radical (unpaired) electrons. The number of nitrogen functional groups attached to an aromatic ring is 1. The average Bonchev–Trinajstić information content (AvgIpc) is 2.43. The monoisotopic (exact) mass is 285 g/mol. The van der Waals surface area contributed by atoms with Gasteiger partial charge in [0.05, 0.1) is 6.20 Å². The van der Waals surface area contributed by atoms with Gasteiger partial charge in [0, 0.05) is 5.69 Å². The first-order valence-electron chi connectivity index (χ1n) is 5.39. The molecule has 2 rings (SSSR count). The second-order valence-electron chi connectivity index (χ2n) is 3.56. The van der Waals surface area contributed by atoms with Crippen LogP contribution in [0.25, 0.3) is 0 Å². The summed E-state index contributed by atoms with van der Waals surface area (Å²) in [5, 5.41) is 2.66. The smallest absolute Gasteiger partial charge is 0.387 e. The molecule has 0 aliphatic rings. The maximum Gasteiger partial charge on any atom is 0.387 e. The topological polar surface area (TPSA) is 85.1 Å². The van der Waals surface area contributed by atoms with Gasteiger partial charge in [-0.25, -0.2) is 15.2 Å². The number of aromatic nitrogens is 2. The Labute approximate surface area is 111 Å². The summed E-state index contributed by atoms with van der Waals surface area (Å²) >= 11 is 0. The Hall–Kier alpha value is -2.55. The molecule has 6 nitrogen and oxygen atoms in total. The third-order valence-electron chi connectivity index (χ3n) is 2.22. The first-order valence-corrected chi connectivity index (χ1v) is 5.39.